The highest BCUT2D eigenvalue weighted by Gasteiger charge is 2.37. The predicted molar refractivity (Wildman–Crippen MR) is 146 cm³/mol. The maximum atomic E-state index is 13.3. The lowest BCUT2D eigenvalue weighted by atomic mass is 10.0. The van der Waals surface area contributed by atoms with Crippen LogP contribution in [0, 0.1) is 13.8 Å². The zero-order chi connectivity index (χ0) is 26.9. The molecule has 7 nitrogen and oxygen atoms in total. The third-order valence-electron chi connectivity index (χ3n) is 5.87. The fraction of sp³-hybridized carbons (Fsp3) is 0.148. The number of halogens is 3. The van der Waals surface area contributed by atoms with Crippen molar-refractivity contribution < 1.29 is 23.9 Å². The van der Waals surface area contributed by atoms with Crippen LogP contribution >= 0.6 is 39.1 Å². The largest absolute Gasteiger partial charge is 0.493 e. The molecule has 10 heteroatoms. The number of carbonyl (C=O) groups excluding carboxylic acids is 3. The molecule has 1 N–H and O–H groups in total. The van der Waals surface area contributed by atoms with E-state index >= 15 is 0 Å². The van der Waals surface area contributed by atoms with Gasteiger partial charge in [0, 0.05) is 15.6 Å². The van der Waals surface area contributed by atoms with Gasteiger partial charge in [0.15, 0.2) is 11.5 Å². The van der Waals surface area contributed by atoms with Crippen LogP contribution in [0.5, 0.6) is 11.5 Å². The molecule has 1 heterocycles. The number of hydrogen-bond donors (Lipinski definition) is 1. The molecule has 0 unspecified atom stereocenters. The number of methoxy groups -OCH3 is 1. The minimum absolute atomic E-state index is 0.152. The Balaban J connectivity index is 1.66. The number of nitrogens with one attached hydrogen (secondary N) is 1. The highest BCUT2D eigenvalue weighted by Crippen LogP contribution is 2.38. The van der Waals surface area contributed by atoms with Gasteiger partial charge in [-0.3, -0.25) is 14.9 Å². The molecule has 3 aromatic carbocycles. The van der Waals surface area contributed by atoms with Gasteiger partial charge in [0.05, 0.1) is 17.3 Å². The first-order chi connectivity index (χ1) is 17.6. The summed E-state index contributed by atoms with van der Waals surface area (Å²) in [6.07, 6.45) is 1.40. The zero-order valence-electron chi connectivity index (χ0n) is 20.0. The molecule has 0 aromatic heterocycles. The number of barbiturate groups is 1. The van der Waals surface area contributed by atoms with Crippen molar-refractivity contribution in [2.24, 2.45) is 0 Å². The average Bonchev–Trinajstić information content (AvgIpc) is 2.84. The van der Waals surface area contributed by atoms with Gasteiger partial charge in [0.2, 0.25) is 0 Å². The third kappa shape index (κ3) is 5.51. The molecule has 0 saturated carbocycles. The number of ether oxygens (including phenoxy) is 2. The molecule has 1 aliphatic heterocycles. The smallest absolute Gasteiger partial charge is 0.335 e. The zero-order valence-corrected chi connectivity index (χ0v) is 23.1. The van der Waals surface area contributed by atoms with Crippen LogP contribution in [0.2, 0.25) is 10.0 Å². The predicted octanol–water partition coefficient (Wildman–Crippen LogP) is 6.63. The Hall–Kier alpha value is -3.33. The van der Waals surface area contributed by atoms with Gasteiger partial charge in [0.25, 0.3) is 11.8 Å². The Morgan fingerprint density at radius 2 is 1.81 bits per heavy atom. The summed E-state index contributed by atoms with van der Waals surface area (Å²) in [5, 5.41) is 3.23. The van der Waals surface area contributed by atoms with Crippen LogP contribution < -0.4 is 19.7 Å². The van der Waals surface area contributed by atoms with E-state index in [0.717, 1.165) is 21.6 Å². The molecule has 37 heavy (non-hydrogen) atoms. The van der Waals surface area contributed by atoms with E-state index in [1.54, 1.807) is 42.5 Å². The molecule has 3 aromatic rings. The summed E-state index contributed by atoms with van der Waals surface area (Å²) in [7, 11) is 1.47. The maximum Gasteiger partial charge on any atom is 0.335 e. The number of aryl methyl sites for hydroxylation is 1. The van der Waals surface area contributed by atoms with Gasteiger partial charge >= 0.3 is 6.03 Å². The van der Waals surface area contributed by atoms with Gasteiger partial charge in [-0.25, -0.2) is 9.69 Å². The summed E-state index contributed by atoms with van der Waals surface area (Å²) in [5.74, 6) is -0.751. The van der Waals surface area contributed by atoms with Gasteiger partial charge in [-0.15, -0.1) is 0 Å². The van der Waals surface area contributed by atoms with Crippen molar-refractivity contribution in [3.05, 3.63) is 90.9 Å². The number of hydrogen-bond acceptors (Lipinski definition) is 5. The van der Waals surface area contributed by atoms with E-state index < -0.39 is 17.8 Å². The molecule has 4 rings (SSSR count). The standard InChI is InChI=1S/C27H21BrCl2N2O5/c1-14-5-4-6-22(15(14)2)32-26(34)19(25(33)31-27(32)35)9-16-10-20(28)24(23(11-16)36-3)37-13-17-7-8-18(29)12-21(17)30/h4-12H,13H2,1-3H3,(H,31,33,35)/b19-9+. The Labute approximate surface area is 232 Å². The van der Waals surface area contributed by atoms with Crippen LogP contribution in [0.4, 0.5) is 10.5 Å². The van der Waals surface area contributed by atoms with Crippen molar-refractivity contribution in [3.63, 3.8) is 0 Å². The Morgan fingerprint density at radius 1 is 1.05 bits per heavy atom. The van der Waals surface area contributed by atoms with Crippen LogP contribution in [-0.2, 0) is 16.2 Å². The van der Waals surface area contributed by atoms with Crippen molar-refractivity contribution in [3.8, 4) is 11.5 Å². The summed E-state index contributed by atoms with van der Waals surface area (Å²) >= 11 is 15.7. The molecular weight excluding hydrogens is 583 g/mol. The number of carbonyl (C=O) groups is 3. The average molecular weight is 604 g/mol. The summed E-state index contributed by atoms with van der Waals surface area (Å²) in [6, 6.07) is 12.9. The fourth-order valence-corrected chi connectivity index (χ4v) is 4.81. The summed E-state index contributed by atoms with van der Waals surface area (Å²) in [6.45, 7) is 3.84. The highest BCUT2D eigenvalue weighted by atomic mass is 79.9. The van der Waals surface area contributed by atoms with Gasteiger partial charge < -0.3 is 9.47 Å². The molecule has 1 saturated heterocycles. The second kappa shape index (κ2) is 11.0. The van der Waals surface area contributed by atoms with Crippen molar-refractivity contribution in [2.75, 3.05) is 12.0 Å². The molecule has 4 amide bonds. The molecule has 190 valence electrons. The van der Waals surface area contributed by atoms with Gasteiger partial charge in [-0.05, 0) is 82.9 Å². The molecule has 0 radical (unpaired) electrons. The van der Waals surface area contributed by atoms with Crippen LogP contribution in [0.1, 0.15) is 22.3 Å². The van der Waals surface area contributed by atoms with E-state index in [1.165, 1.54) is 13.2 Å². The Bertz CT molecular complexity index is 1470. The first kappa shape index (κ1) is 26.7. The molecule has 0 bridgehead atoms. The lowest BCUT2D eigenvalue weighted by Gasteiger charge is -2.28. The lowest BCUT2D eigenvalue weighted by molar-refractivity contribution is -0.122. The van der Waals surface area contributed by atoms with Crippen molar-refractivity contribution >= 4 is 68.7 Å². The number of urea groups is 1. The lowest BCUT2D eigenvalue weighted by Crippen LogP contribution is -2.54. The quantitative estimate of drug-likeness (QED) is 0.253. The summed E-state index contributed by atoms with van der Waals surface area (Å²) in [5.41, 5.74) is 3.08. The van der Waals surface area contributed by atoms with E-state index in [-0.39, 0.29) is 12.2 Å². The number of benzene rings is 3. The van der Waals surface area contributed by atoms with Gasteiger partial charge in [-0.1, -0.05) is 41.4 Å². The Kier molecular flexibility index (Phi) is 7.92. The fourth-order valence-electron chi connectivity index (χ4n) is 3.77. The normalized spacial score (nSPS) is 14.7. The van der Waals surface area contributed by atoms with E-state index in [4.69, 9.17) is 32.7 Å². The minimum atomic E-state index is -0.802. The second-order valence-corrected chi connectivity index (χ2v) is 9.93. The first-order valence-corrected chi connectivity index (χ1v) is 12.6. The van der Waals surface area contributed by atoms with Crippen LogP contribution in [0.25, 0.3) is 6.08 Å². The molecule has 0 aliphatic carbocycles. The van der Waals surface area contributed by atoms with E-state index in [9.17, 15) is 14.4 Å². The second-order valence-electron chi connectivity index (χ2n) is 8.24. The minimum Gasteiger partial charge on any atom is -0.493 e. The van der Waals surface area contributed by atoms with Crippen molar-refractivity contribution in [1.82, 2.24) is 5.32 Å². The van der Waals surface area contributed by atoms with Crippen molar-refractivity contribution in [1.29, 1.82) is 0 Å². The highest BCUT2D eigenvalue weighted by molar-refractivity contribution is 9.10. The van der Waals surface area contributed by atoms with Crippen LogP contribution in [0.3, 0.4) is 0 Å². The molecular formula is C27H21BrCl2N2O5. The number of imide groups is 2. The SMILES string of the molecule is COc1cc(/C=C2\C(=O)NC(=O)N(c3cccc(C)c3C)C2=O)cc(Br)c1OCc1ccc(Cl)cc1Cl. The number of nitrogens with zero attached hydrogens (tertiary/aromatic N) is 1. The number of anilines is 1. The van der Waals surface area contributed by atoms with Crippen LogP contribution in [-0.4, -0.2) is 25.0 Å². The van der Waals surface area contributed by atoms with E-state index in [0.29, 0.717) is 37.3 Å². The molecule has 1 aliphatic rings. The molecule has 0 spiro atoms. The van der Waals surface area contributed by atoms with Gasteiger partial charge in [-0.2, -0.15) is 0 Å². The van der Waals surface area contributed by atoms with Crippen LogP contribution in [0.15, 0.2) is 58.6 Å². The molecule has 0 atom stereocenters. The first-order valence-electron chi connectivity index (χ1n) is 11.0. The number of amides is 4. The van der Waals surface area contributed by atoms with Gasteiger partial charge in [0.1, 0.15) is 12.2 Å². The summed E-state index contributed by atoms with van der Waals surface area (Å²) in [4.78, 5) is 39.5. The van der Waals surface area contributed by atoms with E-state index in [2.05, 4.69) is 21.2 Å². The topological polar surface area (TPSA) is 84.9 Å². The molecule has 1 fully saturated rings. The summed E-state index contributed by atoms with van der Waals surface area (Å²) < 4.78 is 12.0. The van der Waals surface area contributed by atoms with E-state index in [1.807, 2.05) is 19.9 Å². The monoisotopic (exact) mass is 602 g/mol. The van der Waals surface area contributed by atoms with Crippen molar-refractivity contribution in [2.45, 2.75) is 20.5 Å². The maximum absolute atomic E-state index is 13.3. The Morgan fingerprint density at radius 3 is 2.51 bits per heavy atom. The third-order valence-corrected chi connectivity index (χ3v) is 7.04. The number of rotatable bonds is 6.